The molecule has 4 unspecified atom stereocenters. The van der Waals surface area contributed by atoms with Crippen LogP contribution in [0.4, 0.5) is 0 Å². The Hall–Kier alpha value is -0.120. The standard InChI is InChI=1S/C24H40O3/c1-15-24(27-21(2,3)26-15)13-10-20-18-7-6-16-14-17(25)8-11-22(16,4)19(18)9-12-23(20,24)5/h15-20,25H,6-14H2,1-5H3/t15-,16?,17-,18?,19?,20?,22+,23+,24+/m1/s1. The van der Waals surface area contributed by atoms with Gasteiger partial charge in [0.15, 0.2) is 5.79 Å². The molecule has 3 heteroatoms. The van der Waals surface area contributed by atoms with E-state index in [4.69, 9.17) is 9.47 Å². The summed E-state index contributed by atoms with van der Waals surface area (Å²) in [6, 6.07) is 0. The molecule has 0 radical (unpaired) electrons. The zero-order valence-electron chi connectivity index (χ0n) is 18.1. The summed E-state index contributed by atoms with van der Waals surface area (Å²) >= 11 is 0. The molecule has 154 valence electrons. The van der Waals surface area contributed by atoms with E-state index in [1.807, 2.05) is 0 Å². The van der Waals surface area contributed by atoms with Crippen molar-refractivity contribution in [1.82, 2.24) is 0 Å². The largest absolute Gasteiger partial charge is 0.393 e. The third-order valence-corrected chi connectivity index (χ3v) is 10.4. The predicted molar refractivity (Wildman–Crippen MR) is 106 cm³/mol. The van der Waals surface area contributed by atoms with Gasteiger partial charge in [-0.1, -0.05) is 13.8 Å². The summed E-state index contributed by atoms with van der Waals surface area (Å²) < 4.78 is 13.1. The summed E-state index contributed by atoms with van der Waals surface area (Å²) in [4.78, 5) is 0. The quantitative estimate of drug-likeness (QED) is 0.623. The minimum atomic E-state index is -0.447. The van der Waals surface area contributed by atoms with E-state index in [9.17, 15) is 5.11 Å². The molecule has 1 aliphatic heterocycles. The Labute approximate surface area is 165 Å². The van der Waals surface area contributed by atoms with Crippen molar-refractivity contribution >= 4 is 0 Å². The van der Waals surface area contributed by atoms with Gasteiger partial charge in [0, 0.05) is 5.41 Å². The molecule has 0 aromatic rings. The summed E-state index contributed by atoms with van der Waals surface area (Å²) in [6.07, 6.45) is 11.2. The van der Waals surface area contributed by atoms with E-state index < -0.39 is 5.79 Å². The molecule has 5 fully saturated rings. The van der Waals surface area contributed by atoms with E-state index in [0.717, 1.165) is 36.5 Å². The highest BCUT2D eigenvalue weighted by atomic mass is 16.8. The Morgan fingerprint density at radius 3 is 2.30 bits per heavy atom. The molecule has 5 rings (SSSR count). The number of fused-ring (bicyclic) bond motifs is 6. The lowest BCUT2D eigenvalue weighted by Gasteiger charge is -2.62. The molecule has 1 N–H and O–H groups in total. The van der Waals surface area contributed by atoms with Gasteiger partial charge in [0.2, 0.25) is 0 Å². The maximum Gasteiger partial charge on any atom is 0.164 e. The predicted octanol–water partition coefficient (Wildman–Crippen LogP) is 5.30. The van der Waals surface area contributed by atoms with Crippen molar-refractivity contribution in [3.63, 3.8) is 0 Å². The molecule has 0 amide bonds. The number of ether oxygens (including phenoxy) is 2. The van der Waals surface area contributed by atoms with Crippen LogP contribution < -0.4 is 0 Å². The highest BCUT2D eigenvalue weighted by Gasteiger charge is 2.70. The fourth-order valence-corrected chi connectivity index (χ4v) is 9.17. The van der Waals surface area contributed by atoms with Gasteiger partial charge in [-0.25, -0.2) is 0 Å². The van der Waals surface area contributed by atoms with Gasteiger partial charge >= 0.3 is 0 Å². The molecule has 0 aromatic carbocycles. The minimum Gasteiger partial charge on any atom is -0.393 e. The van der Waals surface area contributed by atoms with Gasteiger partial charge in [0.05, 0.1) is 12.2 Å². The average Bonchev–Trinajstić information content (AvgIpc) is 3.01. The monoisotopic (exact) mass is 376 g/mol. The molecule has 1 saturated heterocycles. The molecule has 4 saturated carbocycles. The van der Waals surface area contributed by atoms with Crippen molar-refractivity contribution in [2.24, 2.45) is 34.5 Å². The number of rotatable bonds is 0. The van der Waals surface area contributed by atoms with E-state index in [0.29, 0.717) is 5.41 Å². The fraction of sp³-hybridized carbons (Fsp3) is 1.00. The topological polar surface area (TPSA) is 38.7 Å². The van der Waals surface area contributed by atoms with Crippen LogP contribution in [0.25, 0.3) is 0 Å². The van der Waals surface area contributed by atoms with Gasteiger partial charge in [-0.15, -0.1) is 0 Å². The molecule has 4 aliphatic carbocycles. The van der Waals surface area contributed by atoms with Gasteiger partial charge < -0.3 is 14.6 Å². The maximum atomic E-state index is 10.2. The zero-order valence-corrected chi connectivity index (χ0v) is 18.1. The Kier molecular flexibility index (Phi) is 4.01. The van der Waals surface area contributed by atoms with Crippen LogP contribution in [-0.2, 0) is 9.47 Å². The van der Waals surface area contributed by atoms with Crippen molar-refractivity contribution in [3.05, 3.63) is 0 Å². The van der Waals surface area contributed by atoms with Gasteiger partial charge in [-0.05, 0) is 108 Å². The van der Waals surface area contributed by atoms with Crippen LogP contribution >= 0.6 is 0 Å². The third-order valence-electron chi connectivity index (χ3n) is 10.4. The first-order valence-corrected chi connectivity index (χ1v) is 11.7. The molecule has 0 bridgehead atoms. The van der Waals surface area contributed by atoms with Crippen LogP contribution in [0.15, 0.2) is 0 Å². The molecule has 9 atom stereocenters. The molecule has 3 nitrogen and oxygen atoms in total. The van der Waals surface area contributed by atoms with Crippen LogP contribution in [0.5, 0.6) is 0 Å². The van der Waals surface area contributed by atoms with Crippen LogP contribution in [0, 0.1) is 34.5 Å². The third kappa shape index (κ3) is 2.37. The van der Waals surface area contributed by atoms with Gasteiger partial charge in [0.1, 0.15) is 5.60 Å². The van der Waals surface area contributed by atoms with Crippen LogP contribution in [0.3, 0.4) is 0 Å². The molecule has 1 spiro atoms. The Bertz CT molecular complexity index is 617. The first-order chi connectivity index (χ1) is 12.6. The molecule has 5 aliphatic rings. The minimum absolute atomic E-state index is 0.0460. The van der Waals surface area contributed by atoms with Crippen molar-refractivity contribution in [2.75, 3.05) is 0 Å². The number of aliphatic hydroxyl groups excluding tert-OH is 1. The van der Waals surface area contributed by atoms with E-state index in [2.05, 4.69) is 34.6 Å². The molecular formula is C24H40O3. The van der Waals surface area contributed by atoms with Crippen LogP contribution in [0.2, 0.25) is 0 Å². The first-order valence-electron chi connectivity index (χ1n) is 11.7. The average molecular weight is 377 g/mol. The van der Waals surface area contributed by atoms with Crippen molar-refractivity contribution in [2.45, 2.75) is 116 Å². The van der Waals surface area contributed by atoms with Crippen molar-refractivity contribution < 1.29 is 14.6 Å². The summed E-state index contributed by atoms with van der Waals surface area (Å²) in [6.45, 7) is 11.6. The molecule has 1 heterocycles. The lowest BCUT2D eigenvalue weighted by molar-refractivity contribution is -0.204. The lowest BCUT2D eigenvalue weighted by Crippen LogP contribution is -2.59. The summed E-state index contributed by atoms with van der Waals surface area (Å²) in [7, 11) is 0. The summed E-state index contributed by atoms with van der Waals surface area (Å²) in [5.41, 5.74) is 0.614. The van der Waals surface area contributed by atoms with Crippen molar-refractivity contribution in [3.8, 4) is 0 Å². The second-order valence-electron chi connectivity index (χ2n) is 11.7. The lowest BCUT2D eigenvalue weighted by atomic mass is 9.44. The van der Waals surface area contributed by atoms with E-state index >= 15 is 0 Å². The Morgan fingerprint density at radius 1 is 0.852 bits per heavy atom. The van der Waals surface area contributed by atoms with Gasteiger partial charge in [-0.3, -0.25) is 0 Å². The second kappa shape index (κ2) is 5.73. The van der Waals surface area contributed by atoms with Gasteiger partial charge in [-0.2, -0.15) is 0 Å². The van der Waals surface area contributed by atoms with Crippen LogP contribution in [-0.4, -0.2) is 28.7 Å². The highest BCUT2D eigenvalue weighted by Crippen LogP contribution is 2.71. The van der Waals surface area contributed by atoms with Crippen LogP contribution in [0.1, 0.15) is 92.4 Å². The molecule has 27 heavy (non-hydrogen) atoms. The summed E-state index contributed by atoms with van der Waals surface area (Å²) in [5.74, 6) is 2.77. The second-order valence-corrected chi connectivity index (χ2v) is 11.7. The summed E-state index contributed by atoms with van der Waals surface area (Å²) in [5, 5.41) is 10.2. The Morgan fingerprint density at radius 2 is 1.59 bits per heavy atom. The maximum absolute atomic E-state index is 10.2. The SMILES string of the molecule is C[C@H]1OC(C)(C)O[C@@]12CCC1C3CCC4C[C@H](O)CC[C@]4(C)C3CC[C@@]12C. The first kappa shape index (κ1) is 18.9. The number of hydrogen-bond acceptors (Lipinski definition) is 3. The van der Waals surface area contributed by atoms with E-state index in [-0.39, 0.29) is 23.2 Å². The molecule has 0 aromatic heterocycles. The highest BCUT2D eigenvalue weighted by molar-refractivity contribution is 5.18. The fourth-order valence-electron chi connectivity index (χ4n) is 9.17. The van der Waals surface area contributed by atoms with Crippen molar-refractivity contribution in [1.29, 1.82) is 0 Å². The number of aliphatic hydroxyl groups is 1. The van der Waals surface area contributed by atoms with E-state index in [1.54, 1.807) is 0 Å². The smallest absolute Gasteiger partial charge is 0.164 e. The van der Waals surface area contributed by atoms with Gasteiger partial charge in [0.25, 0.3) is 0 Å². The number of hydrogen-bond donors (Lipinski definition) is 1. The molecular weight excluding hydrogens is 336 g/mol. The zero-order chi connectivity index (χ0) is 19.2. The Balaban J connectivity index is 1.46. The van der Waals surface area contributed by atoms with E-state index in [1.165, 1.54) is 44.9 Å². The normalized spacial score (nSPS) is 59.3.